The molecule has 0 bridgehead atoms. The average molecular weight is 550 g/mol. The van der Waals surface area contributed by atoms with Crippen molar-refractivity contribution >= 4 is 27.3 Å². The third kappa shape index (κ3) is 5.55. The highest BCUT2D eigenvalue weighted by molar-refractivity contribution is 7.89. The Kier molecular flexibility index (Phi) is 7.12. The van der Waals surface area contributed by atoms with Gasteiger partial charge in [0.25, 0.3) is 0 Å². The summed E-state index contributed by atoms with van der Waals surface area (Å²) in [6.07, 6.45) is -5.72. The summed E-state index contributed by atoms with van der Waals surface area (Å²) in [4.78, 5) is 15.8. The molecule has 1 aliphatic rings. The number of nitrogens with zero attached hydrogens (tertiary/aromatic N) is 2. The van der Waals surface area contributed by atoms with E-state index in [9.17, 15) is 39.6 Å². The van der Waals surface area contributed by atoms with E-state index in [1.54, 1.807) is 0 Å². The highest BCUT2D eigenvalue weighted by Crippen LogP contribution is 2.36. The zero-order chi connectivity index (χ0) is 26.3. The largest absolute Gasteiger partial charge is 0.443 e. The van der Waals surface area contributed by atoms with Crippen LogP contribution in [-0.4, -0.2) is 42.4 Å². The summed E-state index contributed by atoms with van der Waals surface area (Å²) in [6, 6.07) is 5.87. The third-order valence-corrected chi connectivity index (χ3v) is 8.36. The molecule has 0 spiro atoms. The van der Waals surface area contributed by atoms with E-state index in [0.29, 0.717) is 15.6 Å². The summed E-state index contributed by atoms with van der Waals surface area (Å²) in [5, 5.41) is 1.33. The zero-order valence-electron chi connectivity index (χ0n) is 18.1. The van der Waals surface area contributed by atoms with Crippen LogP contribution >= 0.6 is 11.3 Å². The van der Waals surface area contributed by atoms with Gasteiger partial charge in [-0.1, -0.05) is 0 Å². The summed E-state index contributed by atoms with van der Waals surface area (Å²) in [6.45, 7) is -0.874. The van der Waals surface area contributed by atoms with E-state index in [4.69, 9.17) is 0 Å². The number of sulfonamides is 1. The number of aromatic nitrogens is 1. The number of carbonyl (C=O) groups excluding carboxylic acids is 1. The maximum absolute atomic E-state index is 14.2. The van der Waals surface area contributed by atoms with Crippen LogP contribution in [0.2, 0.25) is 0 Å². The first-order valence-electron chi connectivity index (χ1n) is 10.4. The van der Waals surface area contributed by atoms with Gasteiger partial charge in [0.1, 0.15) is 23.8 Å². The van der Waals surface area contributed by atoms with Crippen LogP contribution in [0.15, 0.2) is 53.6 Å². The molecule has 0 aliphatic carbocycles. The first-order valence-corrected chi connectivity index (χ1v) is 12.6. The van der Waals surface area contributed by atoms with Crippen LogP contribution in [0.4, 0.5) is 26.3 Å². The summed E-state index contributed by atoms with van der Waals surface area (Å²) in [5.74, 6) is -2.29. The Labute approximate surface area is 205 Å². The Morgan fingerprint density at radius 2 is 1.81 bits per heavy atom. The second-order valence-electron chi connectivity index (χ2n) is 7.97. The normalized spacial score (nSPS) is 18.9. The van der Waals surface area contributed by atoms with Gasteiger partial charge in [-0.2, -0.15) is 17.5 Å². The molecule has 2 heterocycles. The maximum atomic E-state index is 14.2. The van der Waals surface area contributed by atoms with Gasteiger partial charge < -0.3 is 5.32 Å². The van der Waals surface area contributed by atoms with Gasteiger partial charge in [-0.3, -0.25) is 4.79 Å². The van der Waals surface area contributed by atoms with Gasteiger partial charge in [-0.15, -0.1) is 11.3 Å². The van der Waals surface area contributed by atoms with Gasteiger partial charge >= 0.3 is 6.18 Å². The van der Waals surface area contributed by atoms with Crippen LogP contribution in [-0.2, 0) is 27.5 Å². The molecule has 4 rings (SSSR count). The topological polar surface area (TPSA) is 79.4 Å². The lowest BCUT2D eigenvalue weighted by atomic mass is 10.1. The second-order valence-corrected chi connectivity index (χ2v) is 10.9. The molecule has 1 saturated heterocycles. The van der Waals surface area contributed by atoms with Crippen molar-refractivity contribution in [1.29, 1.82) is 0 Å². The Morgan fingerprint density at radius 1 is 1.11 bits per heavy atom. The lowest BCUT2D eigenvalue weighted by molar-refractivity contribution is -0.137. The minimum absolute atomic E-state index is 0.0574. The molecule has 192 valence electrons. The summed E-state index contributed by atoms with van der Waals surface area (Å²) >= 11 is 0.329. The molecule has 0 saturated carbocycles. The molecule has 2 aromatic carbocycles. The molecule has 1 aromatic heterocycles. The molecule has 1 amide bonds. The van der Waals surface area contributed by atoms with E-state index in [0.717, 1.165) is 42.6 Å². The van der Waals surface area contributed by atoms with Crippen molar-refractivity contribution in [3.63, 3.8) is 0 Å². The molecular weight excluding hydrogens is 532 g/mol. The molecule has 3 aromatic rings. The molecule has 14 heteroatoms. The number of benzene rings is 2. The highest BCUT2D eigenvalue weighted by Gasteiger charge is 2.44. The SMILES string of the molecule is O=C(NCc1cc(F)cc(-c2cnc(C(F)(F)F)s2)c1)C1CC(F)CN1S(=O)(=O)c1ccc(F)cc1. The Hall–Kier alpha value is -2.97. The lowest BCUT2D eigenvalue weighted by Gasteiger charge is -2.23. The van der Waals surface area contributed by atoms with E-state index in [2.05, 4.69) is 10.3 Å². The van der Waals surface area contributed by atoms with E-state index in [-0.39, 0.29) is 27.4 Å². The summed E-state index contributed by atoms with van der Waals surface area (Å²) < 4.78 is 107. The summed E-state index contributed by atoms with van der Waals surface area (Å²) in [5.41, 5.74) is 0.292. The van der Waals surface area contributed by atoms with Crippen LogP contribution in [0, 0.1) is 11.6 Å². The fraction of sp³-hybridized carbons (Fsp3) is 0.273. The number of thiazole rings is 1. The number of carbonyl (C=O) groups is 1. The molecule has 0 radical (unpaired) electrons. The quantitative estimate of drug-likeness (QED) is 0.459. The lowest BCUT2D eigenvalue weighted by Crippen LogP contribution is -2.45. The predicted octanol–water partition coefficient (Wildman–Crippen LogP) is 4.52. The van der Waals surface area contributed by atoms with Gasteiger partial charge in [0.05, 0.1) is 9.77 Å². The Balaban J connectivity index is 1.50. The van der Waals surface area contributed by atoms with Crippen molar-refractivity contribution in [2.45, 2.75) is 36.3 Å². The van der Waals surface area contributed by atoms with E-state index < -0.39 is 63.9 Å². The van der Waals surface area contributed by atoms with Crippen molar-refractivity contribution in [2.24, 2.45) is 0 Å². The van der Waals surface area contributed by atoms with Gasteiger partial charge in [0.15, 0.2) is 5.01 Å². The van der Waals surface area contributed by atoms with Crippen LogP contribution in [0.25, 0.3) is 10.4 Å². The highest BCUT2D eigenvalue weighted by atomic mass is 32.2. The maximum Gasteiger partial charge on any atom is 0.443 e. The number of amides is 1. The Morgan fingerprint density at radius 3 is 2.44 bits per heavy atom. The van der Waals surface area contributed by atoms with Crippen molar-refractivity contribution in [1.82, 2.24) is 14.6 Å². The average Bonchev–Trinajstić information content (AvgIpc) is 3.45. The fourth-order valence-electron chi connectivity index (χ4n) is 3.74. The molecule has 1 N–H and O–H groups in total. The minimum atomic E-state index is -4.65. The smallest absolute Gasteiger partial charge is 0.351 e. The second kappa shape index (κ2) is 9.82. The molecule has 2 unspecified atom stereocenters. The monoisotopic (exact) mass is 549 g/mol. The molecule has 6 nitrogen and oxygen atoms in total. The molecule has 2 atom stereocenters. The van der Waals surface area contributed by atoms with Gasteiger partial charge in [-0.05, 0) is 53.6 Å². The molecule has 1 aliphatic heterocycles. The third-order valence-electron chi connectivity index (χ3n) is 5.38. The van der Waals surface area contributed by atoms with Crippen molar-refractivity contribution in [2.75, 3.05) is 6.54 Å². The van der Waals surface area contributed by atoms with E-state index >= 15 is 0 Å². The van der Waals surface area contributed by atoms with Crippen molar-refractivity contribution in [3.8, 4) is 10.4 Å². The number of rotatable bonds is 6. The zero-order valence-corrected chi connectivity index (χ0v) is 19.7. The number of halogens is 6. The molecular formula is C22H17F6N3O3S2. The van der Waals surface area contributed by atoms with Crippen LogP contribution < -0.4 is 5.32 Å². The van der Waals surface area contributed by atoms with Crippen LogP contribution in [0.5, 0.6) is 0 Å². The summed E-state index contributed by atoms with van der Waals surface area (Å²) in [7, 11) is -4.32. The van der Waals surface area contributed by atoms with Crippen LogP contribution in [0.1, 0.15) is 17.0 Å². The van der Waals surface area contributed by atoms with Crippen molar-refractivity contribution in [3.05, 3.63) is 70.9 Å². The van der Waals surface area contributed by atoms with Gasteiger partial charge in [0, 0.05) is 25.7 Å². The van der Waals surface area contributed by atoms with Gasteiger partial charge in [0.2, 0.25) is 15.9 Å². The fourth-order valence-corrected chi connectivity index (χ4v) is 6.14. The predicted molar refractivity (Wildman–Crippen MR) is 118 cm³/mol. The first-order chi connectivity index (χ1) is 16.8. The molecule has 1 fully saturated rings. The number of hydrogen-bond donors (Lipinski definition) is 1. The Bertz CT molecular complexity index is 1380. The van der Waals surface area contributed by atoms with Gasteiger partial charge in [-0.25, -0.2) is 26.6 Å². The van der Waals surface area contributed by atoms with Crippen molar-refractivity contribution < 1.29 is 39.6 Å². The molecule has 36 heavy (non-hydrogen) atoms. The van der Waals surface area contributed by atoms with E-state index in [1.807, 2.05) is 0 Å². The standard InChI is InChI=1S/C22H17F6N3O3S2/c23-14-1-3-17(4-2-14)36(33,34)31-11-16(25)8-18(31)20(32)29-9-12-5-13(7-15(24)6-12)19-10-30-21(35-19)22(26,27)28/h1-7,10,16,18H,8-9,11H2,(H,29,32). The minimum Gasteiger partial charge on any atom is -0.351 e. The number of nitrogens with one attached hydrogen (secondary N) is 1. The van der Waals surface area contributed by atoms with E-state index in [1.165, 1.54) is 6.07 Å². The first kappa shape index (κ1) is 26.1. The number of alkyl halides is 4. The van der Waals surface area contributed by atoms with Crippen LogP contribution in [0.3, 0.4) is 0 Å². The number of hydrogen-bond acceptors (Lipinski definition) is 5.